The van der Waals surface area contributed by atoms with Gasteiger partial charge in [0.05, 0.1) is 26.7 Å². The van der Waals surface area contributed by atoms with E-state index < -0.39 is 0 Å². The first-order valence-electron chi connectivity index (χ1n) is 8.25. The molecule has 1 aromatic carbocycles. The molecule has 1 aromatic heterocycles. The second-order valence-corrected chi connectivity index (χ2v) is 7.06. The van der Waals surface area contributed by atoms with E-state index in [4.69, 9.17) is 0 Å². The minimum Gasteiger partial charge on any atom is -0.332 e. The van der Waals surface area contributed by atoms with Crippen LogP contribution in [0.15, 0.2) is 34.6 Å². The van der Waals surface area contributed by atoms with Gasteiger partial charge in [0.2, 0.25) is 0 Å². The van der Waals surface area contributed by atoms with Crippen LogP contribution in [0.5, 0.6) is 0 Å². The van der Waals surface area contributed by atoms with Gasteiger partial charge in [-0.2, -0.15) is 5.26 Å². The average molecular weight is 342 g/mol. The summed E-state index contributed by atoms with van der Waals surface area (Å²) in [7, 11) is 4.28. The predicted octanol–water partition coefficient (Wildman–Crippen LogP) is 2.58. The number of quaternary nitrogens is 1. The zero-order valence-electron chi connectivity index (χ0n) is 14.8. The Kier molecular flexibility index (Phi) is 6.65. The van der Waals surface area contributed by atoms with E-state index in [0.29, 0.717) is 6.54 Å². The van der Waals surface area contributed by atoms with Crippen molar-refractivity contribution in [3.63, 3.8) is 0 Å². The molecule has 0 spiro atoms. The molecular formula is C19H25N4S+. The smallest absolute Gasteiger partial charge is 0.133 e. The maximum atomic E-state index is 9.36. The summed E-state index contributed by atoms with van der Waals surface area (Å²) in [5.41, 5.74) is 3.58. The number of aryl methyl sites for hydroxylation is 2. The molecule has 0 radical (unpaired) electrons. The lowest BCUT2D eigenvalue weighted by Crippen LogP contribution is -3.06. The highest BCUT2D eigenvalue weighted by Gasteiger charge is 2.18. The molecule has 2 aromatic rings. The second-order valence-electron chi connectivity index (χ2n) is 6.17. The third-order valence-corrected chi connectivity index (χ3v) is 5.12. The molecular weight excluding hydrogens is 316 g/mol. The Morgan fingerprint density at radius 2 is 2.04 bits per heavy atom. The molecule has 0 amide bonds. The van der Waals surface area contributed by atoms with Gasteiger partial charge < -0.3 is 4.90 Å². The Balaban J connectivity index is 2.08. The van der Waals surface area contributed by atoms with Gasteiger partial charge in [0.1, 0.15) is 17.0 Å². The number of thiazole rings is 1. The normalized spacial score (nSPS) is 14.0. The number of aliphatic imine (C=N–C) groups is 1. The molecule has 0 aliphatic rings. The quantitative estimate of drug-likeness (QED) is 0.787. The van der Waals surface area contributed by atoms with Gasteiger partial charge in [-0.1, -0.05) is 31.2 Å². The number of nitrogens with one attached hydrogen (secondary N) is 1. The Morgan fingerprint density at radius 3 is 2.54 bits per heavy atom. The average Bonchev–Trinajstić information content (AvgIpc) is 3.01. The van der Waals surface area contributed by atoms with E-state index in [1.807, 2.05) is 12.3 Å². The van der Waals surface area contributed by atoms with Crippen molar-refractivity contribution in [1.29, 1.82) is 5.26 Å². The SMILES string of the molecule is CCc1ccc([C@H](CN=CC(C#N)c2nc(C)cs2)[NH+](C)C)cc1. The monoisotopic (exact) mass is 341 g/mol. The van der Waals surface area contributed by atoms with Crippen LogP contribution in [0.1, 0.15) is 40.7 Å². The molecule has 1 heterocycles. The fourth-order valence-corrected chi connectivity index (χ4v) is 3.35. The van der Waals surface area contributed by atoms with Crippen LogP contribution in [0.25, 0.3) is 0 Å². The standard InChI is InChI=1S/C19H24N4S/c1-5-15-6-8-16(9-7-15)18(23(3)4)12-21-11-17(10-20)19-22-14(2)13-24-19/h6-9,11,13,17-18H,5,12H2,1-4H3/p+1/t17?,18-/m0/s1. The van der Waals surface area contributed by atoms with Gasteiger partial charge in [0.25, 0.3) is 0 Å². The van der Waals surface area contributed by atoms with E-state index in [0.717, 1.165) is 17.1 Å². The number of benzene rings is 1. The van der Waals surface area contributed by atoms with Crippen LogP contribution in [0.4, 0.5) is 0 Å². The van der Waals surface area contributed by atoms with Gasteiger partial charge in [-0.15, -0.1) is 11.3 Å². The zero-order valence-corrected chi connectivity index (χ0v) is 15.6. The topological polar surface area (TPSA) is 53.5 Å². The van der Waals surface area contributed by atoms with Gasteiger partial charge >= 0.3 is 0 Å². The van der Waals surface area contributed by atoms with E-state index in [2.05, 4.69) is 61.3 Å². The van der Waals surface area contributed by atoms with Crippen LogP contribution >= 0.6 is 11.3 Å². The second kappa shape index (κ2) is 8.72. The highest BCUT2D eigenvalue weighted by atomic mass is 32.1. The van der Waals surface area contributed by atoms with E-state index in [1.165, 1.54) is 27.4 Å². The summed E-state index contributed by atoms with van der Waals surface area (Å²) in [4.78, 5) is 10.3. The van der Waals surface area contributed by atoms with Crippen molar-refractivity contribution in [3.05, 3.63) is 51.5 Å². The summed E-state index contributed by atoms with van der Waals surface area (Å²) in [6.45, 7) is 4.77. The van der Waals surface area contributed by atoms with Crippen LogP contribution in [-0.2, 0) is 6.42 Å². The maximum absolute atomic E-state index is 9.36. The fourth-order valence-electron chi connectivity index (χ4n) is 2.55. The number of likely N-dealkylation sites (N-methyl/N-ethyl adjacent to an activating group) is 1. The van der Waals surface area contributed by atoms with Crippen molar-refractivity contribution in [1.82, 2.24) is 4.98 Å². The van der Waals surface area contributed by atoms with Crippen LogP contribution in [-0.4, -0.2) is 31.8 Å². The summed E-state index contributed by atoms with van der Waals surface area (Å²) in [5, 5.41) is 12.1. The number of nitriles is 1. The summed E-state index contributed by atoms with van der Waals surface area (Å²) < 4.78 is 0. The Morgan fingerprint density at radius 1 is 1.33 bits per heavy atom. The molecule has 1 unspecified atom stereocenters. The lowest BCUT2D eigenvalue weighted by Gasteiger charge is -2.20. The lowest BCUT2D eigenvalue weighted by atomic mass is 10.0. The Bertz CT molecular complexity index is 710. The van der Waals surface area contributed by atoms with E-state index in [9.17, 15) is 5.26 Å². The molecule has 2 rings (SSSR count). The molecule has 24 heavy (non-hydrogen) atoms. The highest BCUT2D eigenvalue weighted by Crippen LogP contribution is 2.18. The highest BCUT2D eigenvalue weighted by molar-refractivity contribution is 7.09. The van der Waals surface area contributed by atoms with Crippen LogP contribution in [0, 0.1) is 18.3 Å². The largest absolute Gasteiger partial charge is 0.332 e. The third kappa shape index (κ3) is 4.73. The molecule has 126 valence electrons. The molecule has 0 fully saturated rings. The van der Waals surface area contributed by atoms with Crippen molar-refractivity contribution in [3.8, 4) is 6.07 Å². The van der Waals surface area contributed by atoms with Crippen LogP contribution < -0.4 is 4.90 Å². The van der Waals surface area contributed by atoms with Gasteiger partial charge in [0.15, 0.2) is 0 Å². The van der Waals surface area contributed by atoms with Crippen molar-refractivity contribution < 1.29 is 4.90 Å². The van der Waals surface area contributed by atoms with Gasteiger partial charge in [-0.3, -0.25) is 4.99 Å². The number of hydrogen-bond donors (Lipinski definition) is 1. The van der Waals surface area contributed by atoms with Crippen molar-refractivity contribution in [2.45, 2.75) is 32.2 Å². The van der Waals surface area contributed by atoms with E-state index >= 15 is 0 Å². The van der Waals surface area contributed by atoms with E-state index in [1.54, 1.807) is 6.21 Å². The number of rotatable bonds is 7. The summed E-state index contributed by atoms with van der Waals surface area (Å²) in [6.07, 6.45) is 2.80. The summed E-state index contributed by atoms with van der Waals surface area (Å²) in [5.74, 6) is -0.357. The molecule has 1 N–H and O–H groups in total. The molecule has 2 atom stereocenters. The Hall–Kier alpha value is -2.03. The summed E-state index contributed by atoms with van der Waals surface area (Å²) >= 11 is 1.52. The third-order valence-electron chi connectivity index (χ3n) is 4.07. The van der Waals surface area contributed by atoms with Gasteiger partial charge in [-0.25, -0.2) is 4.98 Å². The molecule has 0 bridgehead atoms. The van der Waals surface area contributed by atoms with Crippen molar-refractivity contribution >= 4 is 17.6 Å². The first kappa shape index (κ1) is 18.3. The van der Waals surface area contributed by atoms with Gasteiger partial charge in [0, 0.05) is 22.9 Å². The first-order chi connectivity index (χ1) is 11.5. The van der Waals surface area contributed by atoms with Crippen LogP contribution in [0.3, 0.4) is 0 Å². The number of hydrogen-bond acceptors (Lipinski definition) is 4. The van der Waals surface area contributed by atoms with Crippen molar-refractivity contribution in [2.75, 3.05) is 20.6 Å². The minimum absolute atomic E-state index is 0.282. The molecule has 0 aliphatic carbocycles. The Labute approximate surface area is 148 Å². The first-order valence-corrected chi connectivity index (χ1v) is 9.13. The number of aromatic nitrogens is 1. The fraction of sp³-hybridized carbons (Fsp3) is 0.421. The predicted molar refractivity (Wildman–Crippen MR) is 99.9 cm³/mol. The van der Waals surface area contributed by atoms with Crippen molar-refractivity contribution in [2.24, 2.45) is 4.99 Å². The number of nitrogens with zero attached hydrogens (tertiary/aromatic N) is 3. The van der Waals surface area contributed by atoms with E-state index in [-0.39, 0.29) is 12.0 Å². The zero-order chi connectivity index (χ0) is 17.5. The van der Waals surface area contributed by atoms with Gasteiger partial charge in [-0.05, 0) is 18.9 Å². The maximum Gasteiger partial charge on any atom is 0.133 e. The van der Waals surface area contributed by atoms with Crippen LogP contribution in [0.2, 0.25) is 0 Å². The molecule has 4 nitrogen and oxygen atoms in total. The lowest BCUT2D eigenvalue weighted by molar-refractivity contribution is -0.890. The minimum atomic E-state index is -0.357. The summed E-state index contributed by atoms with van der Waals surface area (Å²) in [6, 6.07) is 11.3. The molecule has 0 aliphatic heterocycles. The molecule has 5 heteroatoms. The molecule has 0 saturated heterocycles. The molecule has 0 saturated carbocycles.